The van der Waals surface area contributed by atoms with Crippen molar-refractivity contribution in [1.29, 1.82) is 0 Å². The second-order valence-electron chi connectivity index (χ2n) is 4.21. The van der Waals surface area contributed by atoms with E-state index in [2.05, 4.69) is 23.0 Å². The molecule has 0 atom stereocenters. The van der Waals surface area contributed by atoms with Gasteiger partial charge in [0.05, 0.1) is 12.8 Å². The van der Waals surface area contributed by atoms with E-state index in [0.29, 0.717) is 11.0 Å². The molecule has 1 aromatic heterocycles. The van der Waals surface area contributed by atoms with Crippen molar-refractivity contribution in [2.75, 3.05) is 7.11 Å². The lowest BCUT2D eigenvalue weighted by Crippen LogP contribution is -1.97. The van der Waals surface area contributed by atoms with E-state index in [9.17, 15) is 0 Å². The van der Waals surface area contributed by atoms with Gasteiger partial charge in [-0.25, -0.2) is 9.97 Å². The zero-order chi connectivity index (χ0) is 13.3. The number of hydrogen-bond acceptors (Lipinski definition) is 3. The highest BCUT2D eigenvalue weighted by Crippen LogP contribution is 2.34. The van der Waals surface area contributed by atoms with Gasteiger partial charge in [0.15, 0.2) is 0 Å². The molecule has 0 amide bonds. The Bertz CT molecular complexity index is 576. The van der Waals surface area contributed by atoms with Crippen molar-refractivity contribution in [3.05, 3.63) is 40.3 Å². The highest BCUT2D eigenvalue weighted by atomic mass is 35.5. The molecule has 0 aliphatic carbocycles. The molecular formula is C14H15ClN2O. The van der Waals surface area contributed by atoms with E-state index in [1.54, 1.807) is 13.2 Å². The van der Waals surface area contributed by atoms with Gasteiger partial charge in [0.2, 0.25) is 0 Å². The molecule has 3 nitrogen and oxygen atoms in total. The molecule has 0 fully saturated rings. The summed E-state index contributed by atoms with van der Waals surface area (Å²) in [6.07, 6.45) is 0. The predicted octanol–water partition coefficient (Wildman–Crippen LogP) is 3.73. The van der Waals surface area contributed by atoms with Crippen LogP contribution in [0, 0.1) is 20.8 Å². The van der Waals surface area contributed by atoms with Gasteiger partial charge in [-0.3, -0.25) is 0 Å². The highest BCUT2D eigenvalue weighted by Gasteiger charge is 2.12. The van der Waals surface area contributed by atoms with Crippen LogP contribution in [-0.4, -0.2) is 17.1 Å². The number of ether oxygens (including phenoxy) is 1. The van der Waals surface area contributed by atoms with Gasteiger partial charge in [-0.05, 0) is 38.0 Å². The maximum absolute atomic E-state index is 5.97. The van der Waals surface area contributed by atoms with Gasteiger partial charge in [0, 0.05) is 11.6 Å². The quantitative estimate of drug-likeness (QED) is 0.774. The van der Waals surface area contributed by atoms with Gasteiger partial charge in [0.25, 0.3) is 0 Å². The summed E-state index contributed by atoms with van der Waals surface area (Å²) in [6.45, 7) is 5.91. The Morgan fingerprint density at radius 1 is 1.11 bits per heavy atom. The van der Waals surface area contributed by atoms with Crippen LogP contribution >= 0.6 is 11.6 Å². The smallest absolute Gasteiger partial charge is 0.133 e. The van der Waals surface area contributed by atoms with Gasteiger partial charge in [-0.15, -0.1) is 0 Å². The number of aromatic nitrogens is 2. The minimum absolute atomic E-state index is 0.442. The first kappa shape index (κ1) is 12.8. The molecule has 94 valence electrons. The monoisotopic (exact) mass is 262 g/mol. The second kappa shape index (κ2) is 4.94. The molecule has 0 saturated carbocycles. The highest BCUT2D eigenvalue weighted by molar-refractivity contribution is 6.29. The zero-order valence-electron chi connectivity index (χ0n) is 10.9. The first-order valence-electron chi connectivity index (χ1n) is 5.68. The predicted molar refractivity (Wildman–Crippen MR) is 73.2 cm³/mol. The largest absolute Gasteiger partial charge is 0.496 e. The minimum Gasteiger partial charge on any atom is -0.496 e. The Morgan fingerprint density at radius 2 is 1.83 bits per heavy atom. The van der Waals surface area contributed by atoms with Gasteiger partial charge >= 0.3 is 0 Å². The van der Waals surface area contributed by atoms with Crippen molar-refractivity contribution in [3.63, 3.8) is 0 Å². The molecule has 0 spiro atoms. The molecule has 1 aromatic carbocycles. The molecule has 0 bridgehead atoms. The maximum atomic E-state index is 5.97. The first-order chi connectivity index (χ1) is 8.52. The van der Waals surface area contributed by atoms with E-state index in [1.165, 1.54) is 5.56 Å². The van der Waals surface area contributed by atoms with Crippen LogP contribution in [0.2, 0.25) is 5.15 Å². The Kier molecular flexibility index (Phi) is 3.53. The third-order valence-corrected chi connectivity index (χ3v) is 3.16. The number of nitrogens with zero attached hydrogens (tertiary/aromatic N) is 2. The van der Waals surface area contributed by atoms with Gasteiger partial charge in [-0.2, -0.15) is 0 Å². The summed E-state index contributed by atoms with van der Waals surface area (Å²) >= 11 is 5.97. The van der Waals surface area contributed by atoms with Crippen LogP contribution in [0.1, 0.15) is 17.0 Å². The zero-order valence-corrected chi connectivity index (χ0v) is 11.7. The topological polar surface area (TPSA) is 35.0 Å². The minimum atomic E-state index is 0.442. The van der Waals surface area contributed by atoms with Gasteiger partial charge < -0.3 is 4.74 Å². The maximum Gasteiger partial charge on any atom is 0.133 e. The Hall–Kier alpha value is -1.61. The summed E-state index contributed by atoms with van der Waals surface area (Å²) in [7, 11) is 1.67. The van der Waals surface area contributed by atoms with E-state index in [4.69, 9.17) is 16.3 Å². The summed E-state index contributed by atoms with van der Waals surface area (Å²) in [5.74, 6) is 1.49. The number of halogens is 1. The lowest BCUT2D eigenvalue weighted by molar-refractivity contribution is 0.413. The van der Waals surface area contributed by atoms with E-state index >= 15 is 0 Å². The molecular weight excluding hydrogens is 248 g/mol. The molecule has 0 unspecified atom stereocenters. The number of rotatable bonds is 2. The van der Waals surface area contributed by atoms with Crippen LogP contribution in [0.5, 0.6) is 5.75 Å². The third kappa shape index (κ3) is 2.31. The number of aryl methyl sites for hydroxylation is 2. The fraction of sp³-hybridized carbons (Fsp3) is 0.286. The molecule has 2 rings (SSSR count). The molecule has 0 aliphatic heterocycles. The van der Waals surface area contributed by atoms with Crippen LogP contribution < -0.4 is 4.74 Å². The van der Waals surface area contributed by atoms with E-state index < -0.39 is 0 Å². The SMILES string of the molecule is COc1c(-c2cc(Cl)nc(C)n2)ccc(C)c1C. The van der Waals surface area contributed by atoms with Crippen LogP contribution in [-0.2, 0) is 0 Å². The fourth-order valence-electron chi connectivity index (χ4n) is 1.92. The standard InChI is InChI=1S/C14H15ClN2O/c1-8-5-6-11(14(18-4)9(8)2)12-7-13(15)17-10(3)16-12/h5-7H,1-4H3. The Balaban J connectivity index is 2.67. The van der Waals surface area contributed by atoms with Crippen LogP contribution in [0.25, 0.3) is 11.3 Å². The summed E-state index contributed by atoms with van der Waals surface area (Å²) in [5.41, 5.74) is 4.02. The average molecular weight is 263 g/mol. The van der Waals surface area contributed by atoms with Crippen molar-refractivity contribution in [3.8, 4) is 17.0 Å². The number of methoxy groups -OCH3 is 1. The van der Waals surface area contributed by atoms with Gasteiger partial charge in [-0.1, -0.05) is 17.7 Å². The van der Waals surface area contributed by atoms with E-state index in [-0.39, 0.29) is 0 Å². The van der Waals surface area contributed by atoms with Crippen molar-refractivity contribution in [2.24, 2.45) is 0 Å². The van der Waals surface area contributed by atoms with Crippen LogP contribution in [0.4, 0.5) is 0 Å². The van der Waals surface area contributed by atoms with Crippen molar-refractivity contribution < 1.29 is 4.74 Å². The van der Waals surface area contributed by atoms with Gasteiger partial charge in [0.1, 0.15) is 16.7 Å². The molecule has 0 saturated heterocycles. The van der Waals surface area contributed by atoms with Crippen molar-refractivity contribution >= 4 is 11.6 Å². The lowest BCUT2D eigenvalue weighted by Gasteiger charge is -2.13. The number of benzene rings is 1. The average Bonchev–Trinajstić information content (AvgIpc) is 2.31. The van der Waals surface area contributed by atoms with Crippen molar-refractivity contribution in [1.82, 2.24) is 9.97 Å². The Labute approximate surface area is 112 Å². The summed E-state index contributed by atoms with van der Waals surface area (Å²) in [4.78, 5) is 8.48. The molecule has 0 radical (unpaired) electrons. The van der Waals surface area contributed by atoms with E-state index in [0.717, 1.165) is 22.6 Å². The summed E-state index contributed by atoms with van der Waals surface area (Å²) < 4.78 is 5.49. The number of hydrogen-bond donors (Lipinski definition) is 0. The summed E-state index contributed by atoms with van der Waals surface area (Å²) in [5, 5.41) is 0.442. The van der Waals surface area contributed by atoms with Crippen LogP contribution in [0.15, 0.2) is 18.2 Å². The molecule has 0 N–H and O–H groups in total. The molecule has 18 heavy (non-hydrogen) atoms. The summed E-state index contributed by atoms with van der Waals surface area (Å²) in [6, 6.07) is 5.80. The second-order valence-corrected chi connectivity index (χ2v) is 4.60. The third-order valence-electron chi connectivity index (χ3n) is 2.96. The lowest BCUT2D eigenvalue weighted by atomic mass is 10.0. The normalized spacial score (nSPS) is 10.5. The molecule has 1 heterocycles. The van der Waals surface area contributed by atoms with Crippen LogP contribution in [0.3, 0.4) is 0 Å². The Morgan fingerprint density at radius 3 is 2.44 bits per heavy atom. The molecule has 4 heteroatoms. The first-order valence-corrected chi connectivity index (χ1v) is 6.06. The fourth-order valence-corrected chi connectivity index (χ4v) is 2.15. The molecule has 0 aliphatic rings. The van der Waals surface area contributed by atoms with Crippen molar-refractivity contribution in [2.45, 2.75) is 20.8 Å². The van der Waals surface area contributed by atoms with E-state index in [1.807, 2.05) is 19.9 Å². The molecule has 2 aromatic rings.